The summed E-state index contributed by atoms with van der Waals surface area (Å²) >= 11 is 0. The lowest BCUT2D eigenvalue weighted by molar-refractivity contribution is 0.215. The van der Waals surface area contributed by atoms with Gasteiger partial charge < -0.3 is 10.6 Å². The zero-order chi connectivity index (χ0) is 12.3. The van der Waals surface area contributed by atoms with E-state index in [0.717, 1.165) is 38.5 Å². The first-order valence-corrected chi connectivity index (χ1v) is 6.07. The van der Waals surface area contributed by atoms with Crippen LogP contribution in [0.4, 0.5) is 8.78 Å². The summed E-state index contributed by atoms with van der Waals surface area (Å²) in [6, 6.07) is 3.93. The number of hydrogen-bond donors (Lipinski definition) is 1. The van der Waals surface area contributed by atoms with Crippen LogP contribution in [0.5, 0.6) is 0 Å². The van der Waals surface area contributed by atoms with Crippen LogP contribution in [0.25, 0.3) is 0 Å². The highest BCUT2D eigenvalue weighted by molar-refractivity contribution is 5.19. The van der Waals surface area contributed by atoms with E-state index >= 15 is 0 Å². The summed E-state index contributed by atoms with van der Waals surface area (Å²) in [4.78, 5) is 2.26. The van der Waals surface area contributed by atoms with Gasteiger partial charge in [-0.05, 0) is 56.1 Å². The molecular weight excluding hydrogens is 222 g/mol. The first kappa shape index (κ1) is 12.5. The van der Waals surface area contributed by atoms with Crippen molar-refractivity contribution in [1.29, 1.82) is 0 Å². The average Bonchev–Trinajstić information content (AvgIpc) is 2.32. The van der Waals surface area contributed by atoms with Crippen molar-refractivity contribution >= 4 is 0 Å². The molecule has 2 nitrogen and oxygen atoms in total. The molecule has 1 aliphatic heterocycles. The molecule has 1 fully saturated rings. The lowest BCUT2D eigenvalue weighted by Gasteiger charge is -2.30. The van der Waals surface area contributed by atoms with E-state index in [0.29, 0.717) is 18.0 Å². The van der Waals surface area contributed by atoms with Crippen molar-refractivity contribution in [2.75, 3.05) is 19.6 Å². The van der Waals surface area contributed by atoms with Gasteiger partial charge >= 0.3 is 0 Å². The minimum atomic E-state index is -0.373. The number of piperidine rings is 1. The van der Waals surface area contributed by atoms with Gasteiger partial charge in [0, 0.05) is 12.6 Å². The third-order valence-corrected chi connectivity index (χ3v) is 3.34. The molecule has 1 aromatic carbocycles. The molecule has 0 bridgehead atoms. The molecule has 0 aromatic heterocycles. The number of benzene rings is 1. The second kappa shape index (κ2) is 5.56. The maximum absolute atomic E-state index is 13.4. The van der Waals surface area contributed by atoms with Crippen molar-refractivity contribution in [3.05, 3.63) is 35.4 Å². The van der Waals surface area contributed by atoms with Crippen molar-refractivity contribution < 1.29 is 8.78 Å². The van der Waals surface area contributed by atoms with Crippen LogP contribution in [-0.2, 0) is 6.42 Å². The van der Waals surface area contributed by atoms with Crippen LogP contribution in [0.15, 0.2) is 18.2 Å². The van der Waals surface area contributed by atoms with E-state index in [-0.39, 0.29) is 11.6 Å². The van der Waals surface area contributed by atoms with E-state index in [1.54, 1.807) is 0 Å². The van der Waals surface area contributed by atoms with E-state index < -0.39 is 0 Å². The highest BCUT2D eigenvalue weighted by Gasteiger charge is 2.16. The van der Waals surface area contributed by atoms with E-state index in [1.807, 2.05) is 0 Å². The lowest BCUT2D eigenvalue weighted by Crippen LogP contribution is -2.40. The molecular formula is C13H18F2N2. The molecule has 4 heteroatoms. The van der Waals surface area contributed by atoms with Gasteiger partial charge in [0.05, 0.1) is 0 Å². The van der Waals surface area contributed by atoms with Crippen LogP contribution < -0.4 is 5.73 Å². The Kier molecular flexibility index (Phi) is 4.07. The number of rotatable bonds is 3. The predicted molar refractivity (Wildman–Crippen MR) is 63.7 cm³/mol. The fourth-order valence-electron chi connectivity index (χ4n) is 2.19. The molecule has 2 rings (SSSR count). The van der Waals surface area contributed by atoms with Crippen molar-refractivity contribution in [3.8, 4) is 0 Å². The van der Waals surface area contributed by atoms with Crippen LogP contribution in [0.3, 0.4) is 0 Å². The van der Waals surface area contributed by atoms with Crippen molar-refractivity contribution in [3.63, 3.8) is 0 Å². The Morgan fingerprint density at radius 1 is 1.24 bits per heavy atom. The largest absolute Gasteiger partial charge is 0.328 e. The van der Waals surface area contributed by atoms with Gasteiger partial charge in [-0.3, -0.25) is 0 Å². The number of likely N-dealkylation sites (tertiary alicyclic amines) is 1. The molecule has 0 saturated carbocycles. The van der Waals surface area contributed by atoms with E-state index in [2.05, 4.69) is 4.90 Å². The summed E-state index contributed by atoms with van der Waals surface area (Å²) in [5.74, 6) is -0.692. The third kappa shape index (κ3) is 3.48. The van der Waals surface area contributed by atoms with Crippen LogP contribution >= 0.6 is 0 Å². The molecule has 17 heavy (non-hydrogen) atoms. The first-order chi connectivity index (χ1) is 8.15. The smallest absolute Gasteiger partial charge is 0.126 e. The first-order valence-electron chi connectivity index (χ1n) is 6.07. The zero-order valence-corrected chi connectivity index (χ0v) is 9.83. The molecule has 0 atom stereocenters. The Hall–Kier alpha value is -1.00. The Balaban J connectivity index is 1.87. The SMILES string of the molecule is NC1CCN(CCc2cc(F)ccc2F)CC1. The maximum Gasteiger partial charge on any atom is 0.126 e. The third-order valence-electron chi connectivity index (χ3n) is 3.34. The van der Waals surface area contributed by atoms with Crippen LogP contribution in [0, 0.1) is 11.6 Å². The molecule has 94 valence electrons. The molecule has 0 unspecified atom stereocenters. The Morgan fingerprint density at radius 3 is 2.65 bits per heavy atom. The topological polar surface area (TPSA) is 29.3 Å². The molecule has 1 saturated heterocycles. The maximum atomic E-state index is 13.4. The fraction of sp³-hybridized carbons (Fsp3) is 0.538. The molecule has 1 heterocycles. The molecule has 0 radical (unpaired) electrons. The molecule has 0 aliphatic carbocycles. The van der Waals surface area contributed by atoms with Gasteiger partial charge in [-0.15, -0.1) is 0 Å². The predicted octanol–water partition coefficient (Wildman–Crippen LogP) is 1.93. The van der Waals surface area contributed by atoms with Crippen LogP contribution in [0.1, 0.15) is 18.4 Å². The normalized spacial score (nSPS) is 18.5. The second-order valence-electron chi connectivity index (χ2n) is 4.66. The van der Waals surface area contributed by atoms with Crippen molar-refractivity contribution in [2.45, 2.75) is 25.3 Å². The molecule has 1 aliphatic rings. The van der Waals surface area contributed by atoms with Gasteiger partial charge in [0.15, 0.2) is 0 Å². The van der Waals surface area contributed by atoms with Crippen LogP contribution in [0.2, 0.25) is 0 Å². The molecule has 1 aromatic rings. The van der Waals surface area contributed by atoms with E-state index in [4.69, 9.17) is 5.73 Å². The lowest BCUT2D eigenvalue weighted by atomic mass is 10.0. The molecule has 0 amide bonds. The van der Waals surface area contributed by atoms with Crippen molar-refractivity contribution in [1.82, 2.24) is 4.90 Å². The Labute approximate surface area is 100 Å². The number of hydrogen-bond acceptors (Lipinski definition) is 2. The van der Waals surface area contributed by atoms with Gasteiger partial charge in [-0.2, -0.15) is 0 Å². The highest BCUT2D eigenvalue weighted by Crippen LogP contribution is 2.13. The second-order valence-corrected chi connectivity index (χ2v) is 4.66. The quantitative estimate of drug-likeness (QED) is 0.874. The van der Waals surface area contributed by atoms with E-state index in [1.165, 1.54) is 12.1 Å². The average molecular weight is 240 g/mol. The Morgan fingerprint density at radius 2 is 1.94 bits per heavy atom. The summed E-state index contributed by atoms with van der Waals surface area (Å²) in [5, 5.41) is 0. The zero-order valence-electron chi connectivity index (χ0n) is 9.83. The van der Waals surface area contributed by atoms with Gasteiger partial charge in [-0.1, -0.05) is 0 Å². The van der Waals surface area contributed by atoms with Gasteiger partial charge in [0.1, 0.15) is 11.6 Å². The summed E-state index contributed by atoms with van der Waals surface area (Å²) in [5.41, 5.74) is 6.27. The summed E-state index contributed by atoms with van der Waals surface area (Å²) in [7, 11) is 0. The Bertz CT molecular complexity index is 374. The van der Waals surface area contributed by atoms with Crippen LogP contribution in [-0.4, -0.2) is 30.6 Å². The van der Waals surface area contributed by atoms with Crippen molar-refractivity contribution in [2.24, 2.45) is 5.73 Å². The number of nitrogens with two attached hydrogens (primary N) is 1. The monoisotopic (exact) mass is 240 g/mol. The standard InChI is InChI=1S/C13H18F2N2/c14-11-1-2-13(15)10(9-11)3-6-17-7-4-12(16)5-8-17/h1-2,9,12H,3-8,16H2. The number of halogens is 2. The van der Waals surface area contributed by atoms with Gasteiger partial charge in [-0.25, -0.2) is 8.78 Å². The highest BCUT2D eigenvalue weighted by atomic mass is 19.1. The summed E-state index contributed by atoms with van der Waals surface area (Å²) in [6.07, 6.45) is 2.54. The molecule has 0 spiro atoms. The minimum Gasteiger partial charge on any atom is -0.328 e. The number of nitrogens with zero attached hydrogens (tertiary/aromatic N) is 1. The van der Waals surface area contributed by atoms with Gasteiger partial charge in [0.25, 0.3) is 0 Å². The molecule has 2 N–H and O–H groups in total. The summed E-state index contributed by atoms with van der Waals surface area (Å²) < 4.78 is 26.3. The fourth-order valence-corrected chi connectivity index (χ4v) is 2.19. The van der Waals surface area contributed by atoms with Gasteiger partial charge in [0.2, 0.25) is 0 Å². The minimum absolute atomic E-state index is 0.303. The van der Waals surface area contributed by atoms with E-state index in [9.17, 15) is 8.78 Å². The summed E-state index contributed by atoms with van der Waals surface area (Å²) in [6.45, 7) is 2.68.